The van der Waals surface area contributed by atoms with Crippen molar-refractivity contribution in [2.75, 3.05) is 5.32 Å². The van der Waals surface area contributed by atoms with Gasteiger partial charge in [-0.05, 0) is 18.1 Å². The summed E-state index contributed by atoms with van der Waals surface area (Å²) in [5, 5.41) is 7.31. The van der Waals surface area contributed by atoms with Crippen LogP contribution in [-0.4, -0.2) is 10.9 Å². The summed E-state index contributed by atoms with van der Waals surface area (Å²) in [6.07, 6.45) is 2.97. The number of aromatic nitrogens is 1. The molecule has 0 saturated heterocycles. The second-order valence-corrected chi connectivity index (χ2v) is 5.72. The molecule has 0 fully saturated rings. The lowest BCUT2D eigenvalue weighted by molar-refractivity contribution is -0.114. The first-order valence-corrected chi connectivity index (χ1v) is 7.50. The number of benzene rings is 1. The van der Waals surface area contributed by atoms with Gasteiger partial charge in [-0.15, -0.1) is 11.3 Å². The standard InChI is InChI=1S/C15H19N3OS/c1-3-13-9-17-15(20-13)10-16-8-12-6-4-5-7-14(12)18-11(2)19/h4-7,9,16H,3,8,10H2,1-2H3,(H,18,19). The molecule has 0 saturated carbocycles. The summed E-state index contributed by atoms with van der Waals surface area (Å²) in [7, 11) is 0. The van der Waals surface area contributed by atoms with Gasteiger partial charge in [0.15, 0.2) is 0 Å². The van der Waals surface area contributed by atoms with Crippen molar-refractivity contribution < 1.29 is 4.79 Å². The summed E-state index contributed by atoms with van der Waals surface area (Å²) >= 11 is 1.74. The highest BCUT2D eigenvalue weighted by atomic mass is 32.1. The van der Waals surface area contributed by atoms with Crippen LogP contribution in [0.15, 0.2) is 30.5 Å². The Kier molecular flexibility index (Phi) is 5.26. The average molecular weight is 289 g/mol. The molecule has 0 spiro atoms. The second kappa shape index (κ2) is 7.17. The highest BCUT2D eigenvalue weighted by Crippen LogP contribution is 2.16. The maximum atomic E-state index is 11.2. The Morgan fingerprint density at radius 1 is 1.30 bits per heavy atom. The molecule has 1 amide bonds. The molecule has 1 heterocycles. The molecule has 0 aliphatic heterocycles. The van der Waals surface area contributed by atoms with Gasteiger partial charge >= 0.3 is 0 Å². The monoisotopic (exact) mass is 289 g/mol. The van der Waals surface area contributed by atoms with Gasteiger partial charge in [-0.25, -0.2) is 4.98 Å². The van der Waals surface area contributed by atoms with Gasteiger partial charge in [0, 0.05) is 36.8 Å². The number of anilines is 1. The molecule has 0 radical (unpaired) electrons. The maximum absolute atomic E-state index is 11.2. The number of rotatable bonds is 6. The van der Waals surface area contributed by atoms with E-state index >= 15 is 0 Å². The van der Waals surface area contributed by atoms with E-state index in [1.807, 2.05) is 30.5 Å². The largest absolute Gasteiger partial charge is 0.326 e. The minimum absolute atomic E-state index is 0.0510. The van der Waals surface area contributed by atoms with E-state index in [2.05, 4.69) is 22.5 Å². The number of hydrogen-bond acceptors (Lipinski definition) is 4. The third kappa shape index (κ3) is 4.15. The van der Waals surface area contributed by atoms with E-state index < -0.39 is 0 Å². The smallest absolute Gasteiger partial charge is 0.221 e. The van der Waals surface area contributed by atoms with Crippen LogP contribution in [0.25, 0.3) is 0 Å². The molecule has 106 valence electrons. The van der Waals surface area contributed by atoms with E-state index in [9.17, 15) is 4.79 Å². The third-order valence-corrected chi connectivity index (χ3v) is 4.01. The normalized spacial score (nSPS) is 10.5. The van der Waals surface area contributed by atoms with Gasteiger partial charge in [0.05, 0.1) is 0 Å². The second-order valence-electron chi connectivity index (χ2n) is 4.52. The van der Waals surface area contributed by atoms with Gasteiger partial charge in [-0.3, -0.25) is 4.79 Å². The van der Waals surface area contributed by atoms with Crippen LogP contribution in [0.3, 0.4) is 0 Å². The van der Waals surface area contributed by atoms with Crippen molar-refractivity contribution in [1.29, 1.82) is 0 Å². The molecule has 2 aromatic rings. The lowest BCUT2D eigenvalue weighted by Gasteiger charge is -2.10. The van der Waals surface area contributed by atoms with Crippen LogP contribution < -0.4 is 10.6 Å². The molecule has 0 bridgehead atoms. The van der Waals surface area contributed by atoms with Crippen LogP contribution in [0.4, 0.5) is 5.69 Å². The van der Waals surface area contributed by atoms with Crippen LogP contribution in [0, 0.1) is 0 Å². The molecule has 0 unspecified atom stereocenters. The number of nitrogens with one attached hydrogen (secondary N) is 2. The summed E-state index contributed by atoms with van der Waals surface area (Å²) in [6, 6.07) is 7.82. The lowest BCUT2D eigenvalue weighted by Crippen LogP contribution is -2.15. The SMILES string of the molecule is CCc1cnc(CNCc2ccccc2NC(C)=O)s1. The van der Waals surface area contributed by atoms with Crippen molar-refractivity contribution in [1.82, 2.24) is 10.3 Å². The Balaban J connectivity index is 1.92. The third-order valence-electron chi connectivity index (χ3n) is 2.87. The van der Waals surface area contributed by atoms with Crippen LogP contribution in [-0.2, 0) is 24.3 Å². The molecule has 0 aliphatic rings. The predicted molar refractivity (Wildman–Crippen MR) is 82.8 cm³/mol. The lowest BCUT2D eigenvalue weighted by atomic mass is 10.1. The molecular formula is C15H19N3OS. The van der Waals surface area contributed by atoms with Crippen molar-refractivity contribution >= 4 is 22.9 Å². The number of carbonyl (C=O) groups excluding carboxylic acids is 1. The zero-order chi connectivity index (χ0) is 14.4. The summed E-state index contributed by atoms with van der Waals surface area (Å²) in [5.74, 6) is -0.0510. The van der Waals surface area contributed by atoms with Crippen LogP contribution >= 0.6 is 11.3 Å². The van der Waals surface area contributed by atoms with E-state index in [1.165, 1.54) is 11.8 Å². The van der Waals surface area contributed by atoms with Crippen molar-refractivity contribution in [2.45, 2.75) is 33.4 Å². The molecule has 1 aromatic heterocycles. The molecule has 4 nitrogen and oxygen atoms in total. The predicted octanol–water partition coefficient (Wildman–Crippen LogP) is 2.95. The summed E-state index contributed by atoms with van der Waals surface area (Å²) < 4.78 is 0. The fraction of sp³-hybridized carbons (Fsp3) is 0.333. The van der Waals surface area contributed by atoms with Gasteiger partial charge in [0.2, 0.25) is 5.91 Å². The van der Waals surface area contributed by atoms with Gasteiger partial charge in [0.1, 0.15) is 5.01 Å². The van der Waals surface area contributed by atoms with Crippen LogP contribution in [0.2, 0.25) is 0 Å². The van der Waals surface area contributed by atoms with E-state index in [-0.39, 0.29) is 5.91 Å². The van der Waals surface area contributed by atoms with Crippen LogP contribution in [0.5, 0.6) is 0 Å². The summed E-state index contributed by atoms with van der Waals surface area (Å²) in [4.78, 5) is 16.8. The Labute approximate surface area is 123 Å². The quantitative estimate of drug-likeness (QED) is 0.859. The number of hydrogen-bond donors (Lipinski definition) is 2. The Morgan fingerprint density at radius 3 is 2.80 bits per heavy atom. The summed E-state index contributed by atoms with van der Waals surface area (Å²) in [6.45, 7) is 5.11. The van der Waals surface area contributed by atoms with E-state index in [0.717, 1.165) is 29.2 Å². The first-order chi connectivity index (χ1) is 9.69. The number of aryl methyl sites for hydroxylation is 1. The number of thiazole rings is 1. The molecule has 0 atom stereocenters. The molecule has 2 rings (SSSR count). The van der Waals surface area contributed by atoms with Crippen molar-refractivity contribution in [3.05, 3.63) is 45.9 Å². The molecule has 5 heteroatoms. The van der Waals surface area contributed by atoms with Gasteiger partial charge in [-0.1, -0.05) is 25.1 Å². The van der Waals surface area contributed by atoms with Crippen LogP contribution in [0.1, 0.15) is 29.3 Å². The van der Waals surface area contributed by atoms with Crippen molar-refractivity contribution in [3.8, 4) is 0 Å². The minimum atomic E-state index is -0.0510. The first-order valence-electron chi connectivity index (χ1n) is 6.69. The molecular weight excluding hydrogens is 270 g/mol. The van der Waals surface area contributed by atoms with Crippen molar-refractivity contribution in [3.63, 3.8) is 0 Å². The van der Waals surface area contributed by atoms with Gasteiger partial charge in [-0.2, -0.15) is 0 Å². The number of nitrogens with zero attached hydrogens (tertiary/aromatic N) is 1. The Morgan fingerprint density at radius 2 is 2.10 bits per heavy atom. The number of carbonyl (C=O) groups is 1. The fourth-order valence-corrected chi connectivity index (χ4v) is 2.72. The summed E-state index contributed by atoms with van der Waals surface area (Å²) in [5.41, 5.74) is 1.94. The minimum Gasteiger partial charge on any atom is -0.326 e. The van der Waals surface area contributed by atoms with E-state index in [0.29, 0.717) is 6.54 Å². The average Bonchev–Trinajstić information content (AvgIpc) is 2.88. The topological polar surface area (TPSA) is 54.0 Å². The number of amides is 1. The Hall–Kier alpha value is -1.72. The fourth-order valence-electron chi connectivity index (χ4n) is 1.88. The molecule has 0 aliphatic carbocycles. The van der Waals surface area contributed by atoms with E-state index in [4.69, 9.17) is 0 Å². The van der Waals surface area contributed by atoms with Gasteiger partial charge < -0.3 is 10.6 Å². The zero-order valence-electron chi connectivity index (χ0n) is 11.8. The first kappa shape index (κ1) is 14.7. The van der Waals surface area contributed by atoms with Crippen molar-refractivity contribution in [2.24, 2.45) is 0 Å². The van der Waals surface area contributed by atoms with E-state index in [1.54, 1.807) is 11.3 Å². The van der Waals surface area contributed by atoms with Gasteiger partial charge in [0.25, 0.3) is 0 Å². The maximum Gasteiger partial charge on any atom is 0.221 e. The molecule has 1 aromatic carbocycles. The zero-order valence-corrected chi connectivity index (χ0v) is 12.6. The molecule has 20 heavy (non-hydrogen) atoms. The highest BCUT2D eigenvalue weighted by molar-refractivity contribution is 7.11. The Bertz CT molecular complexity index is 580. The number of para-hydroxylation sites is 1. The highest BCUT2D eigenvalue weighted by Gasteiger charge is 2.04. The molecule has 2 N–H and O–H groups in total.